The van der Waals surface area contributed by atoms with Crippen LogP contribution in [0.3, 0.4) is 0 Å². The van der Waals surface area contributed by atoms with Crippen LogP contribution in [-0.4, -0.2) is 6.71 Å². The lowest BCUT2D eigenvalue weighted by atomic mass is 9.33. The number of aryl methyl sites for hydroxylation is 1. The second-order valence-corrected chi connectivity index (χ2v) is 27.6. The number of nitrogens with zero attached hydrogens (tertiary/aromatic N) is 3. The van der Waals surface area contributed by atoms with Crippen LogP contribution in [0.4, 0.5) is 51.2 Å². The minimum atomic E-state index is -0.149. The van der Waals surface area contributed by atoms with Gasteiger partial charge in [-0.25, -0.2) is 0 Å². The molecule has 0 N–H and O–H groups in total. The zero-order valence-electron chi connectivity index (χ0n) is 47.8. The van der Waals surface area contributed by atoms with Crippen LogP contribution in [0.25, 0.3) is 11.1 Å². The molecule has 0 bridgehead atoms. The van der Waals surface area contributed by atoms with Crippen molar-refractivity contribution in [3.05, 3.63) is 202 Å². The van der Waals surface area contributed by atoms with Crippen molar-refractivity contribution in [1.82, 2.24) is 0 Å². The summed E-state index contributed by atoms with van der Waals surface area (Å²) in [7, 11) is 0. The van der Waals surface area contributed by atoms with Crippen molar-refractivity contribution in [3.63, 3.8) is 0 Å². The molecular weight excluding hydrogens is 918 g/mol. The van der Waals surface area contributed by atoms with Crippen molar-refractivity contribution >= 4 is 74.3 Å². The van der Waals surface area contributed by atoms with Crippen molar-refractivity contribution in [2.24, 2.45) is 0 Å². The van der Waals surface area contributed by atoms with Gasteiger partial charge in [0.05, 0.1) is 0 Å². The number of para-hydroxylation sites is 2. The summed E-state index contributed by atoms with van der Waals surface area (Å²) in [5.41, 5.74) is 29.2. The largest absolute Gasteiger partial charge is 0.311 e. The van der Waals surface area contributed by atoms with Crippen LogP contribution in [0.5, 0.6) is 0 Å². The molecule has 76 heavy (non-hydrogen) atoms. The fourth-order valence-electron chi connectivity index (χ4n) is 14.8. The molecule has 0 aromatic heterocycles. The quantitative estimate of drug-likeness (QED) is 0.159. The van der Waals surface area contributed by atoms with Gasteiger partial charge in [0.1, 0.15) is 0 Å². The molecule has 0 amide bonds. The molecule has 3 nitrogen and oxygen atoms in total. The van der Waals surface area contributed by atoms with E-state index in [0.717, 1.165) is 29.9 Å². The molecule has 13 rings (SSSR count). The Bertz CT molecular complexity index is 3660. The molecule has 0 saturated carbocycles. The van der Waals surface area contributed by atoms with E-state index in [1.807, 2.05) is 0 Å². The van der Waals surface area contributed by atoms with Gasteiger partial charge in [0.2, 0.25) is 0 Å². The second-order valence-electron chi connectivity index (χ2n) is 27.6. The van der Waals surface area contributed by atoms with Crippen molar-refractivity contribution < 1.29 is 0 Å². The first-order valence-electron chi connectivity index (χ1n) is 28.4. The normalized spacial score (nSPS) is 18.4. The third-order valence-corrected chi connectivity index (χ3v) is 19.3. The van der Waals surface area contributed by atoms with Gasteiger partial charge in [-0.2, -0.15) is 0 Å². The molecule has 382 valence electrons. The van der Waals surface area contributed by atoms with Crippen LogP contribution < -0.4 is 31.1 Å². The van der Waals surface area contributed by atoms with E-state index in [0.29, 0.717) is 0 Å². The predicted octanol–water partition coefficient (Wildman–Crippen LogP) is 17.8. The minimum Gasteiger partial charge on any atom is -0.311 e. The summed E-state index contributed by atoms with van der Waals surface area (Å²) in [5.74, 6) is 0. The molecule has 0 unspecified atom stereocenters. The zero-order valence-corrected chi connectivity index (χ0v) is 47.8. The Balaban J connectivity index is 1.15. The van der Waals surface area contributed by atoms with Crippen molar-refractivity contribution in [3.8, 4) is 11.1 Å². The highest BCUT2D eigenvalue weighted by Crippen LogP contribution is 2.57. The molecule has 3 aliphatic carbocycles. The maximum atomic E-state index is 2.71. The molecule has 2 aliphatic heterocycles. The molecule has 0 spiro atoms. The Morgan fingerprint density at radius 3 is 1.55 bits per heavy atom. The molecule has 2 heterocycles. The van der Waals surface area contributed by atoms with Gasteiger partial charge >= 0.3 is 0 Å². The van der Waals surface area contributed by atoms with E-state index in [-0.39, 0.29) is 39.2 Å². The van der Waals surface area contributed by atoms with Gasteiger partial charge in [-0.15, -0.1) is 0 Å². The highest BCUT2D eigenvalue weighted by molar-refractivity contribution is 7.00. The Morgan fingerprint density at radius 1 is 0.421 bits per heavy atom. The SMILES string of the molecule is Cc1cc2c3c(c1)N(c1ccc4c(c1)C(C)(C)CCC4(C)C)c1cc4c(cc1B3c1ccc(N(c3ccccc3)c3ccccc3)cc1N2c1cc2c(c(C(C)(C)C)c1)C(C)(C)c1ccccc1-2)C(C)(C)CCC4(C)C. The van der Waals surface area contributed by atoms with Gasteiger partial charge in [0, 0.05) is 56.6 Å². The zero-order chi connectivity index (χ0) is 53.2. The lowest BCUT2D eigenvalue weighted by Gasteiger charge is -2.48. The average Bonchev–Trinajstić information content (AvgIpc) is 3.81. The lowest BCUT2D eigenvalue weighted by molar-refractivity contribution is 0.332. The van der Waals surface area contributed by atoms with Crippen molar-refractivity contribution in [1.29, 1.82) is 0 Å². The van der Waals surface area contributed by atoms with E-state index in [4.69, 9.17) is 0 Å². The van der Waals surface area contributed by atoms with Crippen LogP contribution in [0.2, 0.25) is 0 Å². The summed E-state index contributed by atoms with van der Waals surface area (Å²) >= 11 is 0. The van der Waals surface area contributed by atoms with Crippen LogP contribution in [0.15, 0.2) is 158 Å². The number of hydrogen-bond donors (Lipinski definition) is 0. The number of anilines is 9. The van der Waals surface area contributed by atoms with Gasteiger partial charge in [-0.05, 0) is 211 Å². The predicted molar refractivity (Wildman–Crippen MR) is 327 cm³/mol. The van der Waals surface area contributed by atoms with Crippen LogP contribution in [0, 0.1) is 6.92 Å². The van der Waals surface area contributed by atoms with E-state index >= 15 is 0 Å². The first kappa shape index (κ1) is 48.8. The topological polar surface area (TPSA) is 9.72 Å². The first-order valence-corrected chi connectivity index (χ1v) is 28.4. The van der Waals surface area contributed by atoms with E-state index in [9.17, 15) is 0 Å². The smallest absolute Gasteiger partial charge is 0.252 e. The Hall–Kier alpha value is -6.78. The van der Waals surface area contributed by atoms with E-state index in [1.54, 1.807) is 0 Å². The number of fused-ring (bicyclic) bond motifs is 9. The van der Waals surface area contributed by atoms with Gasteiger partial charge in [-0.3, -0.25) is 0 Å². The molecular formula is C72H76BN3. The second kappa shape index (κ2) is 16.4. The first-order chi connectivity index (χ1) is 36.0. The highest BCUT2D eigenvalue weighted by Gasteiger charge is 2.48. The van der Waals surface area contributed by atoms with Gasteiger partial charge < -0.3 is 14.7 Å². The summed E-state index contributed by atoms with van der Waals surface area (Å²) in [4.78, 5) is 7.83. The number of benzene rings is 8. The van der Waals surface area contributed by atoms with E-state index < -0.39 is 0 Å². The molecule has 0 saturated heterocycles. The lowest BCUT2D eigenvalue weighted by Crippen LogP contribution is -2.62. The standard InChI is InChI=1S/C72H76BN3/c1-45-37-63-66-64(38-45)76(50-39-52-51-27-21-22-28-53(51)72(13,14)65(52)58(41-50)67(2,3)4)61-42-49(74(46-23-17-15-18-24-46)47-25-19-16-20-26-47)30-32-59(61)73(66)60-43-56-57(71(11,12)36-35-70(56,9)10)44-62(60)75(63)48-29-31-54-55(40-48)69(7,8)34-33-68(54,5)6/h15-32,37-44H,33-36H2,1-14H3. The average molecular weight is 994 g/mol. The molecule has 5 aliphatic rings. The molecule has 8 aromatic rings. The highest BCUT2D eigenvalue weighted by atomic mass is 15.2. The summed E-state index contributed by atoms with van der Waals surface area (Å²) in [6.07, 6.45) is 4.69. The van der Waals surface area contributed by atoms with E-state index in [1.165, 1.54) is 119 Å². The fourth-order valence-corrected chi connectivity index (χ4v) is 14.8. The Labute approximate surface area is 455 Å². The molecule has 0 radical (unpaired) electrons. The summed E-state index contributed by atoms with van der Waals surface area (Å²) < 4.78 is 0. The summed E-state index contributed by atoms with van der Waals surface area (Å²) in [5, 5.41) is 0. The van der Waals surface area contributed by atoms with Crippen molar-refractivity contribution in [2.75, 3.05) is 14.7 Å². The maximum absolute atomic E-state index is 2.71. The number of rotatable bonds is 5. The fraction of sp³-hybridized carbons (Fsp3) is 0.333. The molecule has 0 atom stereocenters. The van der Waals surface area contributed by atoms with Crippen LogP contribution in [-0.2, 0) is 32.5 Å². The monoisotopic (exact) mass is 994 g/mol. The summed E-state index contributed by atoms with van der Waals surface area (Å²) in [6, 6.07) is 61.5. The Morgan fingerprint density at radius 2 is 0.947 bits per heavy atom. The van der Waals surface area contributed by atoms with Gasteiger partial charge in [-0.1, -0.05) is 169 Å². The van der Waals surface area contributed by atoms with Crippen LogP contribution in [0.1, 0.15) is 160 Å². The molecule has 4 heteroatoms. The minimum absolute atomic E-state index is 0.0191. The van der Waals surface area contributed by atoms with Gasteiger partial charge in [0.25, 0.3) is 6.71 Å². The third kappa shape index (κ3) is 7.21. The number of hydrogen-bond acceptors (Lipinski definition) is 3. The van der Waals surface area contributed by atoms with E-state index in [2.05, 4.69) is 269 Å². The molecule has 0 fully saturated rings. The van der Waals surface area contributed by atoms with Crippen molar-refractivity contribution in [2.45, 2.75) is 155 Å². The molecule has 8 aromatic carbocycles. The maximum Gasteiger partial charge on any atom is 0.252 e. The third-order valence-electron chi connectivity index (χ3n) is 19.3. The Kier molecular flexibility index (Phi) is 10.5. The van der Waals surface area contributed by atoms with Crippen LogP contribution >= 0.6 is 0 Å². The summed E-state index contributed by atoms with van der Waals surface area (Å²) in [6.45, 7) is 34.2. The van der Waals surface area contributed by atoms with Gasteiger partial charge in [0.15, 0.2) is 0 Å².